The Morgan fingerprint density at radius 1 is 1.33 bits per heavy atom. The van der Waals surface area contributed by atoms with Crippen molar-refractivity contribution in [1.29, 1.82) is 0 Å². The van der Waals surface area contributed by atoms with Crippen molar-refractivity contribution in [3.63, 3.8) is 0 Å². The van der Waals surface area contributed by atoms with E-state index in [1.807, 2.05) is 13.8 Å². The lowest BCUT2D eigenvalue weighted by Crippen LogP contribution is -2.28. The fourth-order valence-electron chi connectivity index (χ4n) is 1.84. The third-order valence-corrected chi connectivity index (χ3v) is 3.39. The van der Waals surface area contributed by atoms with Crippen molar-refractivity contribution in [1.82, 2.24) is 0 Å². The molecule has 100 valence electrons. The minimum atomic E-state index is -1.04. The van der Waals surface area contributed by atoms with Crippen LogP contribution in [0, 0.1) is 11.8 Å². The van der Waals surface area contributed by atoms with Crippen molar-refractivity contribution in [2.24, 2.45) is 11.8 Å². The smallest absolute Gasteiger partial charge is 0.311 e. The number of aliphatic hydroxyl groups excluding tert-OH is 1. The van der Waals surface area contributed by atoms with E-state index < -0.39 is 18.0 Å². The van der Waals surface area contributed by atoms with Gasteiger partial charge >= 0.3 is 5.97 Å². The quantitative estimate of drug-likeness (QED) is 0.864. The SMILES string of the molecule is COC(=O)C(C(C)C)C(O)c1cc(Cl)ccc1Cl. The molecule has 2 unspecified atom stereocenters. The van der Waals surface area contributed by atoms with Gasteiger partial charge in [-0.3, -0.25) is 4.79 Å². The molecule has 0 fully saturated rings. The van der Waals surface area contributed by atoms with Gasteiger partial charge < -0.3 is 9.84 Å². The zero-order chi connectivity index (χ0) is 13.9. The molecule has 2 atom stereocenters. The zero-order valence-corrected chi connectivity index (χ0v) is 12.0. The van der Waals surface area contributed by atoms with Gasteiger partial charge in [-0.25, -0.2) is 0 Å². The second kappa shape index (κ2) is 6.41. The number of benzene rings is 1. The maximum atomic E-state index is 11.7. The van der Waals surface area contributed by atoms with Crippen LogP contribution in [0.4, 0.5) is 0 Å². The van der Waals surface area contributed by atoms with Crippen LogP contribution >= 0.6 is 23.2 Å². The van der Waals surface area contributed by atoms with Crippen molar-refractivity contribution in [3.8, 4) is 0 Å². The minimum absolute atomic E-state index is 0.0810. The molecule has 0 saturated heterocycles. The third kappa shape index (κ3) is 3.37. The summed E-state index contributed by atoms with van der Waals surface area (Å²) in [4.78, 5) is 11.7. The molecule has 0 aliphatic rings. The van der Waals surface area contributed by atoms with E-state index in [4.69, 9.17) is 27.9 Å². The fourth-order valence-corrected chi connectivity index (χ4v) is 2.25. The molecule has 0 bridgehead atoms. The lowest BCUT2D eigenvalue weighted by atomic mass is 9.86. The molecule has 0 heterocycles. The summed E-state index contributed by atoms with van der Waals surface area (Å²) < 4.78 is 4.71. The summed E-state index contributed by atoms with van der Waals surface area (Å²) in [5, 5.41) is 11.1. The maximum Gasteiger partial charge on any atom is 0.311 e. The Hall–Kier alpha value is -0.770. The number of rotatable bonds is 4. The molecule has 0 saturated carbocycles. The number of methoxy groups -OCH3 is 1. The molecule has 1 aromatic carbocycles. The molecular weight excluding hydrogens is 275 g/mol. The standard InChI is InChI=1S/C13H16Cl2O3/c1-7(2)11(13(17)18-3)12(16)9-6-8(14)4-5-10(9)15/h4-7,11-12,16H,1-3H3. The first-order valence-corrected chi connectivity index (χ1v) is 6.35. The van der Waals surface area contributed by atoms with Crippen LogP contribution in [0.25, 0.3) is 0 Å². The Balaban J connectivity index is 3.13. The Bertz CT molecular complexity index is 432. The van der Waals surface area contributed by atoms with Gasteiger partial charge in [0.25, 0.3) is 0 Å². The van der Waals surface area contributed by atoms with Gasteiger partial charge in [-0.1, -0.05) is 37.0 Å². The van der Waals surface area contributed by atoms with Crippen molar-refractivity contribution in [3.05, 3.63) is 33.8 Å². The molecular formula is C13H16Cl2O3. The van der Waals surface area contributed by atoms with Crippen molar-refractivity contribution in [2.45, 2.75) is 20.0 Å². The van der Waals surface area contributed by atoms with Gasteiger partial charge in [-0.05, 0) is 24.1 Å². The Morgan fingerprint density at radius 2 is 1.94 bits per heavy atom. The molecule has 1 aromatic rings. The molecule has 0 radical (unpaired) electrons. The Morgan fingerprint density at radius 3 is 2.44 bits per heavy atom. The van der Waals surface area contributed by atoms with Crippen LogP contribution in [0.2, 0.25) is 10.0 Å². The number of ether oxygens (including phenoxy) is 1. The molecule has 3 nitrogen and oxygen atoms in total. The summed E-state index contributed by atoms with van der Waals surface area (Å²) in [6.45, 7) is 3.67. The summed E-state index contributed by atoms with van der Waals surface area (Å²) in [6, 6.07) is 4.78. The van der Waals surface area contributed by atoms with Crippen LogP contribution in [0.1, 0.15) is 25.5 Å². The number of halogens is 2. The molecule has 0 aliphatic carbocycles. The van der Waals surface area contributed by atoms with Crippen LogP contribution < -0.4 is 0 Å². The molecule has 0 spiro atoms. The molecule has 18 heavy (non-hydrogen) atoms. The van der Waals surface area contributed by atoms with E-state index in [9.17, 15) is 9.90 Å². The summed E-state index contributed by atoms with van der Waals surface area (Å²) in [5.74, 6) is -1.22. The van der Waals surface area contributed by atoms with E-state index >= 15 is 0 Å². The van der Waals surface area contributed by atoms with Gasteiger partial charge in [0.1, 0.15) is 0 Å². The Labute approximate surface area is 117 Å². The second-order valence-corrected chi connectivity index (χ2v) is 5.25. The van der Waals surface area contributed by atoms with Gasteiger partial charge in [0.05, 0.1) is 19.1 Å². The van der Waals surface area contributed by atoms with E-state index in [1.165, 1.54) is 7.11 Å². The number of hydrogen-bond acceptors (Lipinski definition) is 3. The van der Waals surface area contributed by atoms with Gasteiger partial charge in [0, 0.05) is 15.6 Å². The second-order valence-electron chi connectivity index (χ2n) is 4.40. The van der Waals surface area contributed by atoms with Crippen LogP contribution in [0.15, 0.2) is 18.2 Å². The number of aliphatic hydroxyl groups is 1. The highest BCUT2D eigenvalue weighted by atomic mass is 35.5. The van der Waals surface area contributed by atoms with E-state index in [0.29, 0.717) is 15.6 Å². The number of esters is 1. The van der Waals surface area contributed by atoms with Crippen LogP contribution in [0.3, 0.4) is 0 Å². The molecule has 0 aliphatic heterocycles. The van der Waals surface area contributed by atoms with Crippen molar-refractivity contribution in [2.75, 3.05) is 7.11 Å². The summed E-state index contributed by atoms with van der Waals surface area (Å²) >= 11 is 11.9. The number of carbonyl (C=O) groups is 1. The highest BCUT2D eigenvalue weighted by Crippen LogP contribution is 2.34. The van der Waals surface area contributed by atoms with Crippen LogP contribution in [-0.4, -0.2) is 18.2 Å². The lowest BCUT2D eigenvalue weighted by Gasteiger charge is -2.25. The van der Waals surface area contributed by atoms with Crippen molar-refractivity contribution >= 4 is 29.2 Å². The van der Waals surface area contributed by atoms with Crippen LogP contribution in [-0.2, 0) is 9.53 Å². The van der Waals surface area contributed by atoms with E-state index in [-0.39, 0.29) is 5.92 Å². The average Bonchev–Trinajstić information content (AvgIpc) is 2.31. The predicted molar refractivity (Wildman–Crippen MR) is 71.8 cm³/mol. The highest BCUT2D eigenvalue weighted by Gasteiger charge is 2.33. The normalized spacial score (nSPS) is 14.4. The van der Waals surface area contributed by atoms with Gasteiger partial charge in [-0.2, -0.15) is 0 Å². The highest BCUT2D eigenvalue weighted by molar-refractivity contribution is 6.33. The predicted octanol–water partition coefficient (Wildman–Crippen LogP) is 3.47. The average molecular weight is 291 g/mol. The van der Waals surface area contributed by atoms with E-state index in [2.05, 4.69) is 0 Å². The van der Waals surface area contributed by atoms with E-state index in [1.54, 1.807) is 18.2 Å². The zero-order valence-electron chi connectivity index (χ0n) is 10.5. The summed E-state index contributed by atoms with van der Waals surface area (Å²) in [7, 11) is 1.30. The Kier molecular flexibility index (Phi) is 5.45. The molecule has 0 aromatic heterocycles. The largest absolute Gasteiger partial charge is 0.469 e. The maximum absolute atomic E-state index is 11.7. The summed E-state index contributed by atoms with van der Waals surface area (Å²) in [5.41, 5.74) is 0.438. The van der Waals surface area contributed by atoms with Gasteiger partial charge in [0.2, 0.25) is 0 Å². The molecule has 0 amide bonds. The molecule has 1 N–H and O–H groups in total. The van der Waals surface area contributed by atoms with Gasteiger partial charge in [-0.15, -0.1) is 0 Å². The molecule has 1 rings (SSSR count). The molecule has 5 heteroatoms. The van der Waals surface area contributed by atoms with Gasteiger partial charge in [0.15, 0.2) is 0 Å². The first-order valence-electron chi connectivity index (χ1n) is 5.59. The van der Waals surface area contributed by atoms with E-state index in [0.717, 1.165) is 0 Å². The monoisotopic (exact) mass is 290 g/mol. The first kappa shape index (κ1) is 15.3. The number of hydrogen-bond donors (Lipinski definition) is 1. The van der Waals surface area contributed by atoms with Crippen molar-refractivity contribution < 1.29 is 14.6 Å². The lowest BCUT2D eigenvalue weighted by molar-refractivity contribution is -0.152. The first-order chi connectivity index (χ1) is 8.38. The topological polar surface area (TPSA) is 46.5 Å². The third-order valence-electron chi connectivity index (χ3n) is 2.81. The fraction of sp³-hybridized carbons (Fsp3) is 0.462. The summed E-state index contributed by atoms with van der Waals surface area (Å²) in [6.07, 6.45) is -1.04. The van der Waals surface area contributed by atoms with Crippen LogP contribution in [0.5, 0.6) is 0 Å². The number of carbonyl (C=O) groups excluding carboxylic acids is 1. The minimum Gasteiger partial charge on any atom is -0.469 e.